The highest BCUT2D eigenvalue weighted by atomic mass is 16.2. The van der Waals surface area contributed by atoms with Crippen LogP contribution in [0.3, 0.4) is 0 Å². The molecule has 0 aliphatic carbocycles. The molecule has 0 radical (unpaired) electrons. The van der Waals surface area contributed by atoms with Crippen LogP contribution in [0.2, 0.25) is 0 Å². The normalized spacial score (nSPS) is 25.4. The van der Waals surface area contributed by atoms with Crippen molar-refractivity contribution < 1.29 is 9.59 Å². The van der Waals surface area contributed by atoms with E-state index in [-0.39, 0.29) is 11.8 Å². The minimum atomic E-state index is 0.0314. The molecule has 160 valence electrons. The van der Waals surface area contributed by atoms with Gasteiger partial charge in [0.15, 0.2) is 0 Å². The van der Waals surface area contributed by atoms with Crippen LogP contribution >= 0.6 is 0 Å². The summed E-state index contributed by atoms with van der Waals surface area (Å²) in [4.78, 5) is 41.7. The first kappa shape index (κ1) is 20.3. The monoisotopic (exact) mass is 402 g/mol. The van der Waals surface area contributed by atoms with Gasteiger partial charge in [-0.1, -0.05) is 0 Å². The molecule has 0 bridgehead atoms. The maximum Gasteiger partial charge on any atom is 0.274 e. The maximum absolute atomic E-state index is 13.0. The summed E-state index contributed by atoms with van der Waals surface area (Å²) in [7, 11) is 2.12. The Morgan fingerprint density at radius 3 is 2.38 bits per heavy atom. The van der Waals surface area contributed by atoms with E-state index in [2.05, 4.69) is 31.7 Å². The number of hydrogen-bond donors (Lipinski definition) is 1. The Balaban J connectivity index is 1.29. The molecule has 3 aliphatic rings. The van der Waals surface area contributed by atoms with E-state index in [0.717, 1.165) is 83.7 Å². The van der Waals surface area contributed by atoms with Gasteiger partial charge >= 0.3 is 0 Å². The fourth-order valence-corrected chi connectivity index (χ4v) is 4.98. The molecule has 0 unspecified atom stereocenters. The minimum Gasteiger partial charge on any atom is -0.348 e. The lowest BCUT2D eigenvalue weighted by atomic mass is 9.92. The Kier molecular flexibility index (Phi) is 6.20. The van der Waals surface area contributed by atoms with Gasteiger partial charge in [-0.2, -0.15) is 0 Å². The molecule has 3 aliphatic heterocycles. The summed E-state index contributed by atoms with van der Waals surface area (Å²) in [5.74, 6) is 0.520. The highest BCUT2D eigenvalue weighted by Gasteiger charge is 2.35. The van der Waals surface area contributed by atoms with Crippen LogP contribution in [-0.4, -0.2) is 107 Å². The van der Waals surface area contributed by atoms with Crippen molar-refractivity contribution in [2.45, 2.75) is 38.6 Å². The first-order valence-corrected chi connectivity index (χ1v) is 11.0. The molecule has 4 rings (SSSR count). The molecule has 1 aromatic heterocycles. The number of nitrogens with zero attached hydrogens (tertiary/aromatic N) is 5. The number of likely N-dealkylation sites (tertiary alicyclic amines) is 2. The summed E-state index contributed by atoms with van der Waals surface area (Å²) in [6.07, 6.45) is 5.64. The number of aromatic nitrogens is 2. The Morgan fingerprint density at radius 1 is 1.00 bits per heavy atom. The summed E-state index contributed by atoms with van der Waals surface area (Å²) in [6.45, 7) is 9.04. The highest BCUT2D eigenvalue weighted by molar-refractivity contribution is 5.93. The van der Waals surface area contributed by atoms with E-state index in [1.807, 2.05) is 11.8 Å². The summed E-state index contributed by atoms with van der Waals surface area (Å²) in [5, 5.41) is 0. The predicted molar refractivity (Wildman–Crippen MR) is 111 cm³/mol. The van der Waals surface area contributed by atoms with Crippen LogP contribution in [0, 0.1) is 12.8 Å². The Morgan fingerprint density at radius 2 is 1.72 bits per heavy atom. The van der Waals surface area contributed by atoms with Gasteiger partial charge < -0.3 is 19.7 Å². The molecule has 3 fully saturated rings. The number of piperazine rings is 1. The van der Waals surface area contributed by atoms with Crippen LogP contribution in [0.4, 0.5) is 0 Å². The predicted octanol–water partition coefficient (Wildman–Crippen LogP) is 0.809. The van der Waals surface area contributed by atoms with Gasteiger partial charge in [-0.15, -0.1) is 0 Å². The number of H-pyrrole nitrogens is 1. The second kappa shape index (κ2) is 8.83. The number of amides is 2. The van der Waals surface area contributed by atoms with Crippen molar-refractivity contribution in [2.75, 3.05) is 59.4 Å². The number of hydrogen-bond acceptors (Lipinski definition) is 5. The number of likely N-dealkylation sites (N-methyl/N-ethyl adjacent to an activating group) is 1. The lowest BCUT2D eigenvalue weighted by Gasteiger charge is -2.43. The number of rotatable bonds is 3. The second-order valence-corrected chi connectivity index (χ2v) is 8.86. The number of piperidine rings is 2. The zero-order valence-corrected chi connectivity index (χ0v) is 17.8. The number of carbonyl (C=O) groups excluding carboxylic acids is 2. The molecule has 1 atom stereocenters. The van der Waals surface area contributed by atoms with Gasteiger partial charge in [0.1, 0.15) is 5.69 Å². The lowest BCUT2D eigenvalue weighted by Crippen LogP contribution is -2.54. The molecule has 1 aromatic rings. The van der Waals surface area contributed by atoms with E-state index >= 15 is 0 Å². The van der Waals surface area contributed by atoms with Gasteiger partial charge in [-0.25, -0.2) is 4.98 Å². The summed E-state index contributed by atoms with van der Waals surface area (Å²) in [5.41, 5.74) is 1.37. The third-order valence-corrected chi connectivity index (χ3v) is 6.92. The lowest BCUT2D eigenvalue weighted by molar-refractivity contribution is -0.139. The highest BCUT2D eigenvalue weighted by Crippen LogP contribution is 2.26. The van der Waals surface area contributed by atoms with Crippen molar-refractivity contribution in [2.24, 2.45) is 5.92 Å². The Bertz CT molecular complexity index is 719. The van der Waals surface area contributed by atoms with Crippen LogP contribution in [0.25, 0.3) is 0 Å². The quantitative estimate of drug-likeness (QED) is 0.810. The zero-order valence-electron chi connectivity index (χ0n) is 17.8. The van der Waals surface area contributed by atoms with Crippen LogP contribution < -0.4 is 0 Å². The number of carbonyl (C=O) groups is 2. The summed E-state index contributed by atoms with van der Waals surface area (Å²) < 4.78 is 0. The first-order chi connectivity index (χ1) is 14.0. The van der Waals surface area contributed by atoms with Gasteiger partial charge in [0.25, 0.3) is 5.91 Å². The summed E-state index contributed by atoms with van der Waals surface area (Å²) >= 11 is 0. The van der Waals surface area contributed by atoms with Gasteiger partial charge in [-0.05, 0) is 46.2 Å². The Labute approximate surface area is 173 Å². The van der Waals surface area contributed by atoms with E-state index < -0.39 is 0 Å². The van der Waals surface area contributed by atoms with Crippen LogP contribution in [0.5, 0.6) is 0 Å². The van der Waals surface area contributed by atoms with E-state index in [0.29, 0.717) is 17.6 Å². The van der Waals surface area contributed by atoms with Gasteiger partial charge in [0, 0.05) is 57.5 Å². The van der Waals surface area contributed by atoms with Gasteiger partial charge in [-0.3, -0.25) is 14.5 Å². The third-order valence-electron chi connectivity index (χ3n) is 6.92. The van der Waals surface area contributed by atoms with E-state index in [9.17, 15) is 9.59 Å². The minimum absolute atomic E-state index is 0.0314. The maximum atomic E-state index is 13.0. The first-order valence-electron chi connectivity index (χ1n) is 11.0. The topological polar surface area (TPSA) is 75.8 Å². The standard InChI is InChI=1S/C21H34N6O2/c1-16-19(23-15-22-16)21(29)25-8-5-18(6-9-25)27-7-3-4-17(14-27)20(28)26-12-10-24(2)11-13-26/h15,17-18H,3-14H2,1-2H3,(H,22,23)/t17-/m1/s1. The zero-order chi connectivity index (χ0) is 20.4. The van der Waals surface area contributed by atoms with Crippen LogP contribution in [0.15, 0.2) is 6.33 Å². The largest absolute Gasteiger partial charge is 0.348 e. The average Bonchev–Trinajstić information content (AvgIpc) is 3.19. The fraction of sp³-hybridized carbons (Fsp3) is 0.762. The molecule has 2 amide bonds. The smallest absolute Gasteiger partial charge is 0.274 e. The number of aryl methyl sites for hydroxylation is 1. The molecule has 8 nitrogen and oxygen atoms in total. The van der Waals surface area contributed by atoms with Crippen molar-refractivity contribution in [1.29, 1.82) is 0 Å². The average molecular weight is 403 g/mol. The molecular formula is C21H34N6O2. The molecule has 1 N–H and O–H groups in total. The van der Waals surface area contributed by atoms with Gasteiger partial charge in [0.05, 0.1) is 12.2 Å². The number of nitrogens with one attached hydrogen (secondary N) is 1. The van der Waals surface area contributed by atoms with E-state index in [1.54, 1.807) is 6.33 Å². The SMILES string of the molecule is Cc1[nH]cnc1C(=O)N1CCC(N2CCC[C@@H](C(=O)N3CCN(C)CC3)C2)CC1. The molecule has 8 heteroatoms. The summed E-state index contributed by atoms with van der Waals surface area (Å²) in [6, 6.07) is 0.474. The molecular weight excluding hydrogens is 368 g/mol. The van der Waals surface area contributed by atoms with E-state index in [4.69, 9.17) is 0 Å². The molecule has 4 heterocycles. The van der Waals surface area contributed by atoms with Crippen LogP contribution in [0.1, 0.15) is 41.9 Å². The van der Waals surface area contributed by atoms with E-state index in [1.165, 1.54) is 0 Å². The van der Waals surface area contributed by atoms with Crippen molar-refractivity contribution in [3.63, 3.8) is 0 Å². The van der Waals surface area contributed by atoms with Crippen molar-refractivity contribution >= 4 is 11.8 Å². The van der Waals surface area contributed by atoms with Gasteiger partial charge in [0.2, 0.25) is 5.91 Å². The Hall–Kier alpha value is -1.93. The number of aromatic amines is 1. The molecule has 0 saturated carbocycles. The molecule has 3 saturated heterocycles. The van der Waals surface area contributed by atoms with Crippen molar-refractivity contribution in [3.8, 4) is 0 Å². The van der Waals surface area contributed by atoms with Crippen molar-refractivity contribution in [3.05, 3.63) is 17.7 Å². The molecule has 29 heavy (non-hydrogen) atoms. The van der Waals surface area contributed by atoms with Crippen LogP contribution in [-0.2, 0) is 4.79 Å². The third kappa shape index (κ3) is 4.48. The number of imidazole rings is 1. The second-order valence-electron chi connectivity index (χ2n) is 8.86. The molecule has 0 aromatic carbocycles. The van der Waals surface area contributed by atoms with Crippen molar-refractivity contribution in [1.82, 2.24) is 29.6 Å². The fourth-order valence-electron chi connectivity index (χ4n) is 4.98. The molecule has 0 spiro atoms.